The van der Waals surface area contributed by atoms with Crippen LogP contribution in [0.2, 0.25) is 0 Å². The van der Waals surface area contributed by atoms with Gasteiger partial charge >= 0.3 is 11.9 Å². The number of ether oxygens (including phenoxy) is 2. The maximum atomic E-state index is 11.3. The highest BCUT2D eigenvalue weighted by atomic mass is 127. The first-order valence-electron chi connectivity index (χ1n) is 17.1. The standard InChI is InChI=1S/C40H50ClN2O4.HI/c1-28(44)46-26-12-24-42-34-18-9-7-16-32(34)39(3,4)36(42)22-20-30-14-11-15-31(38(30)41)21-23-37-40(5,6)33-17-8-10-19-35(33)43(37)25-13-27-47-29(2)45;/h7,9-10,16,18-23H,8,11-15,17,24-27H2,1-6H3;1H/q+1;/p-1. The molecule has 0 unspecified atom stereocenters. The Morgan fingerprint density at radius 2 is 1.65 bits per heavy atom. The van der Waals surface area contributed by atoms with E-state index in [-0.39, 0.29) is 46.7 Å². The smallest absolute Gasteiger partial charge is 0.302 e. The average Bonchev–Trinajstić information content (AvgIpc) is 3.38. The molecular weight excluding hydrogens is 735 g/mol. The van der Waals surface area contributed by atoms with E-state index in [1.165, 1.54) is 53.4 Å². The summed E-state index contributed by atoms with van der Waals surface area (Å²) in [6.45, 7) is 14.5. The fourth-order valence-electron chi connectivity index (χ4n) is 7.52. The molecular formula is C40H50ClIN2O4. The summed E-state index contributed by atoms with van der Waals surface area (Å²) in [4.78, 5) is 25.1. The number of hydrogen-bond acceptors (Lipinski definition) is 5. The van der Waals surface area contributed by atoms with Gasteiger partial charge in [0.2, 0.25) is 5.69 Å². The summed E-state index contributed by atoms with van der Waals surface area (Å²) in [6.07, 6.45) is 20.1. The van der Waals surface area contributed by atoms with Crippen molar-refractivity contribution < 1.29 is 47.6 Å². The van der Waals surface area contributed by atoms with Gasteiger partial charge in [0.15, 0.2) is 12.3 Å². The lowest BCUT2D eigenvalue weighted by Gasteiger charge is -2.29. The Morgan fingerprint density at radius 1 is 0.938 bits per heavy atom. The number of nitrogens with zero attached hydrogens (tertiary/aromatic N) is 2. The minimum Gasteiger partial charge on any atom is -1.00 e. The second-order valence-corrected chi connectivity index (χ2v) is 14.3. The van der Waals surface area contributed by atoms with Gasteiger partial charge in [0.25, 0.3) is 0 Å². The molecule has 0 amide bonds. The zero-order valence-electron chi connectivity index (χ0n) is 29.3. The molecule has 0 spiro atoms. The first-order valence-corrected chi connectivity index (χ1v) is 17.5. The fourth-order valence-corrected chi connectivity index (χ4v) is 7.84. The second-order valence-electron chi connectivity index (χ2n) is 13.9. The number of benzene rings is 1. The molecule has 0 fully saturated rings. The largest absolute Gasteiger partial charge is 1.00 e. The molecule has 8 heteroatoms. The van der Waals surface area contributed by atoms with Crippen LogP contribution in [0.5, 0.6) is 0 Å². The van der Waals surface area contributed by atoms with Crippen LogP contribution in [0.4, 0.5) is 5.69 Å². The summed E-state index contributed by atoms with van der Waals surface area (Å²) in [5, 5.41) is 0.842. The molecule has 2 heterocycles. The number of hydrogen-bond donors (Lipinski definition) is 0. The zero-order valence-corrected chi connectivity index (χ0v) is 32.2. The minimum atomic E-state index is -0.245. The fraction of sp³-hybridized carbons (Fsp3) is 0.475. The topological polar surface area (TPSA) is 58.9 Å². The Kier molecular flexibility index (Phi) is 12.8. The Labute approximate surface area is 309 Å². The molecule has 0 saturated carbocycles. The van der Waals surface area contributed by atoms with Crippen molar-refractivity contribution in [2.75, 3.05) is 26.3 Å². The van der Waals surface area contributed by atoms with Crippen LogP contribution in [0.25, 0.3) is 0 Å². The van der Waals surface area contributed by atoms with Gasteiger partial charge in [0, 0.05) is 66.4 Å². The van der Waals surface area contributed by atoms with E-state index in [1.54, 1.807) is 0 Å². The molecule has 0 aromatic heterocycles. The first-order chi connectivity index (χ1) is 22.4. The molecule has 6 nitrogen and oxygen atoms in total. The Hall–Kier alpha value is -2.91. The molecule has 4 aliphatic rings. The van der Waals surface area contributed by atoms with Gasteiger partial charge in [-0.15, -0.1) is 0 Å². The van der Waals surface area contributed by atoms with Crippen molar-refractivity contribution in [2.45, 2.75) is 91.9 Å². The van der Waals surface area contributed by atoms with Crippen LogP contribution < -0.4 is 24.0 Å². The molecule has 1 aromatic rings. The van der Waals surface area contributed by atoms with Crippen molar-refractivity contribution in [1.82, 2.24) is 4.90 Å². The van der Waals surface area contributed by atoms with Gasteiger partial charge in [-0.25, -0.2) is 0 Å². The molecule has 0 bridgehead atoms. The van der Waals surface area contributed by atoms with Crippen molar-refractivity contribution in [1.29, 1.82) is 0 Å². The molecule has 0 N–H and O–H groups in total. The normalized spacial score (nSPS) is 21.3. The monoisotopic (exact) mass is 784 g/mol. The molecule has 48 heavy (non-hydrogen) atoms. The average molecular weight is 785 g/mol. The van der Waals surface area contributed by atoms with E-state index in [0.29, 0.717) is 13.2 Å². The van der Waals surface area contributed by atoms with E-state index in [2.05, 4.69) is 97.9 Å². The van der Waals surface area contributed by atoms with Crippen LogP contribution in [0.15, 0.2) is 93.9 Å². The molecule has 0 saturated heterocycles. The van der Waals surface area contributed by atoms with Gasteiger partial charge in [-0.2, -0.15) is 4.58 Å². The summed E-state index contributed by atoms with van der Waals surface area (Å²) >= 11 is 7.19. The van der Waals surface area contributed by atoms with E-state index in [1.807, 2.05) is 0 Å². The number of rotatable bonds is 11. The predicted molar refractivity (Wildman–Crippen MR) is 190 cm³/mol. The summed E-state index contributed by atoms with van der Waals surface area (Å²) in [5.41, 5.74) is 9.81. The maximum Gasteiger partial charge on any atom is 0.302 e. The molecule has 1 aromatic carbocycles. The lowest BCUT2D eigenvalue weighted by Crippen LogP contribution is -3.00. The van der Waals surface area contributed by atoms with E-state index in [4.69, 9.17) is 21.1 Å². The van der Waals surface area contributed by atoms with Gasteiger partial charge in [0.05, 0.1) is 18.6 Å². The molecule has 0 atom stereocenters. The van der Waals surface area contributed by atoms with Crippen molar-refractivity contribution in [3.63, 3.8) is 0 Å². The number of fused-ring (bicyclic) bond motifs is 1. The molecule has 2 aliphatic carbocycles. The van der Waals surface area contributed by atoms with Gasteiger partial charge in [-0.1, -0.05) is 61.9 Å². The molecule has 2 aliphatic heterocycles. The van der Waals surface area contributed by atoms with Crippen LogP contribution in [-0.4, -0.2) is 53.4 Å². The maximum absolute atomic E-state index is 11.3. The third-order valence-electron chi connectivity index (χ3n) is 9.93. The van der Waals surface area contributed by atoms with Crippen LogP contribution in [0, 0.1) is 5.41 Å². The summed E-state index contributed by atoms with van der Waals surface area (Å²) in [5.74, 6) is -0.481. The lowest BCUT2D eigenvalue weighted by molar-refractivity contribution is -0.438. The van der Waals surface area contributed by atoms with Crippen molar-refractivity contribution >= 4 is 34.9 Å². The Bertz CT molecular complexity index is 1640. The lowest BCUT2D eigenvalue weighted by atomic mass is 9.79. The van der Waals surface area contributed by atoms with Gasteiger partial charge in [-0.05, 0) is 81.2 Å². The van der Waals surface area contributed by atoms with Crippen molar-refractivity contribution in [3.05, 3.63) is 99.4 Å². The Balaban J connectivity index is 0.00000520. The van der Waals surface area contributed by atoms with E-state index >= 15 is 0 Å². The number of allylic oxidation sites excluding steroid dienone is 10. The molecule has 5 rings (SSSR count). The number of halogens is 2. The zero-order chi connectivity index (χ0) is 33.8. The highest BCUT2D eigenvalue weighted by molar-refractivity contribution is 6.32. The molecule has 258 valence electrons. The minimum absolute atomic E-state index is 0. The van der Waals surface area contributed by atoms with Crippen LogP contribution >= 0.6 is 11.6 Å². The number of esters is 2. The van der Waals surface area contributed by atoms with Crippen LogP contribution in [-0.2, 0) is 24.5 Å². The summed E-state index contributed by atoms with van der Waals surface area (Å²) in [6, 6.07) is 8.58. The second kappa shape index (κ2) is 16.2. The van der Waals surface area contributed by atoms with Gasteiger partial charge < -0.3 is 38.4 Å². The molecule has 0 radical (unpaired) electrons. The van der Waals surface area contributed by atoms with Gasteiger partial charge in [-0.3, -0.25) is 9.59 Å². The SMILES string of the molecule is CC(=O)OCCCN1C2=C(CCC=C2)C(C)(C)/C1=C\C=C1/CCCC(/C=C/C2=[N+](CCCOC(C)=O)c3ccccc3C2(C)C)=C1Cl.[I-]. The highest BCUT2D eigenvalue weighted by Crippen LogP contribution is 2.50. The van der Waals surface area contributed by atoms with Crippen LogP contribution in [0.1, 0.15) is 92.1 Å². The van der Waals surface area contributed by atoms with E-state index in [9.17, 15) is 9.59 Å². The van der Waals surface area contributed by atoms with E-state index in [0.717, 1.165) is 68.6 Å². The van der Waals surface area contributed by atoms with Gasteiger partial charge in [0.1, 0.15) is 0 Å². The third kappa shape index (κ3) is 8.10. The van der Waals surface area contributed by atoms with E-state index < -0.39 is 0 Å². The Morgan fingerprint density at radius 3 is 2.38 bits per heavy atom. The highest BCUT2D eigenvalue weighted by Gasteiger charge is 2.44. The third-order valence-corrected chi connectivity index (χ3v) is 10.4. The van der Waals surface area contributed by atoms with Crippen molar-refractivity contribution in [2.24, 2.45) is 5.41 Å². The van der Waals surface area contributed by atoms with Crippen molar-refractivity contribution in [3.8, 4) is 0 Å². The first kappa shape index (κ1) is 37.9. The summed E-state index contributed by atoms with van der Waals surface area (Å²) < 4.78 is 12.9. The number of carbonyl (C=O) groups excluding carboxylic acids is 2. The van der Waals surface area contributed by atoms with Crippen LogP contribution in [0.3, 0.4) is 0 Å². The summed E-state index contributed by atoms with van der Waals surface area (Å²) in [7, 11) is 0. The number of para-hydroxylation sites is 1. The number of carbonyl (C=O) groups is 2. The predicted octanol–water partition coefficient (Wildman–Crippen LogP) is 5.96. The quantitative estimate of drug-likeness (QED) is 0.120.